The Kier molecular flexibility index (Phi) is 6.83. The molecule has 2 N–H and O–H groups in total. The lowest BCUT2D eigenvalue weighted by atomic mass is 10.0. The lowest BCUT2D eigenvalue weighted by Gasteiger charge is -2.10. The summed E-state index contributed by atoms with van der Waals surface area (Å²) in [6.07, 6.45) is -2.74. The summed E-state index contributed by atoms with van der Waals surface area (Å²) in [7, 11) is 0. The Labute approximate surface area is 175 Å². The molecular formula is C21H18F3N3O2S. The van der Waals surface area contributed by atoms with Crippen molar-refractivity contribution in [2.45, 2.75) is 12.6 Å². The number of aromatic nitrogens is 1. The number of amides is 1. The molecule has 156 valence electrons. The third-order valence-corrected chi connectivity index (χ3v) is 5.11. The first-order valence-electron chi connectivity index (χ1n) is 9.10. The molecule has 1 heterocycles. The van der Waals surface area contributed by atoms with E-state index in [0.29, 0.717) is 30.2 Å². The van der Waals surface area contributed by atoms with Gasteiger partial charge in [-0.2, -0.15) is 13.2 Å². The van der Waals surface area contributed by atoms with Crippen LogP contribution >= 0.6 is 11.3 Å². The van der Waals surface area contributed by atoms with Gasteiger partial charge in [0.2, 0.25) is 5.78 Å². The van der Waals surface area contributed by atoms with Gasteiger partial charge in [-0.3, -0.25) is 9.59 Å². The second-order valence-corrected chi connectivity index (χ2v) is 7.34. The fourth-order valence-corrected chi connectivity index (χ4v) is 3.50. The van der Waals surface area contributed by atoms with Crippen LogP contribution in [0.2, 0.25) is 0 Å². The van der Waals surface area contributed by atoms with E-state index in [0.717, 1.165) is 23.5 Å². The molecule has 3 aromatic rings. The van der Waals surface area contributed by atoms with Crippen molar-refractivity contribution in [3.8, 4) is 0 Å². The molecule has 9 heteroatoms. The van der Waals surface area contributed by atoms with Crippen molar-refractivity contribution in [2.24, 2.45) is 0 Å². The van der Waals surface area contributed by atoms with Crippen molar-refractivity contribution >= 4 is 28.2 Å². The van der Waals surface area contributed by atoms with E-state index >= 15 is 0 Å². The van der Waals surface area contributed by atoms with Crippen LogP contribution in [-0.2, 0) is 6.18 Å². The number of alkyl halides is 3. The molecule has 3 rings (SSSR count). The maximum atomic E-state index is 13.1. The predicted molar refractivity (Wildman–Crippen MR) is 109 cm³/mol. The summed E-state index contributed by atoms with van der Waals surface area (Å²) in [6, 6.07) is 13.5. The molecule has 0 atom stereocenters. The van der Waals surface area contributed by atoms with Gasteiger partial charge in [-0.1, -0.05) is 47.7 Å². The van der Waals surface area contributed by atoms with Crippen LogP contribution in [0.5, 0.6) is 0 Å². The summed E-state index contributed by atoms with van der Waals surface area (Å²) in [4.78, 5) is 28.6. The molecule has 5 nitrogen and oxygen atoms in total. The van der Waals surface area contributed by atoms with Crippen LogP contribution in [-0.4, -0.2) is 29.8 Å². The Hall–Kier alpha value is -3.20. The molecule has 0 unspecified atom stereocenters. The lowest BCUT2D eigenvalue weighted by Crippen LogP contribution is -2.25. The summed E-state index contributed by atoms with van der Waals surface area (Å²) in [5.41, 5.74) is -0.788. The summed E-state index contributed by atoms with van der Waals surface area (Å²) < 4.78 is 39.4. The standard InChI is InChI=1S/C21H18F3N3O2S/c22-21(23,24)16-10-5-4-9-15(16)18(28)17-13-27-20(30-17)26-12-6-11-25-19(29)14-7-2-1-3-8-14/h1-5,7-10,13H,6,11-12H2,(H,25,29)(H,26,27). The maximum Gasteiger partial charge on any atom is 0.417 e. The van der Waals surface area contributed by atoms with Gasteiger partial charge in [-0.25, -0.2) is 4.98 Å². The van der Waals surface area contributed by atoms with Gasteiger partial charge in [-0.05, 0) is 24.6 Å². The number of carbonyl (C=O) groups excluding carboxylic acids is 2. The molecule has 0 saturated heterocycles. The highest BCUT2D eigenvalue weighted by Gasteiger charge is 2.35. The van der Waals surface area contributed by atoms with Gasteiger partial charge in [0.1, 0.15) is 0 Å². The highest BCUT2D eigenvalue weighted by Crippen LogP contribution is 2.33. The van der Waals surface area contributed by atoms with Crippen LogP contribution in [0.3, 0.4) is 0 Å². The number of anilines is 1. The number of hydrogen-bond acceptors (Lipinski definition) is 5. The van der Waals surface area contributed by atoms with E-state index in [2.05, 4.69) is 15.6 Å². The van der Waals surface area contributed by atoms with Crippen LogP contribution in [0.25, 0.3) is 0 Å². The van der Waals surface area contributed by atoms with Crippen molar-refractivity contribution < 1.29 is 22.8 Å². The number of benzene rings is 2. The van der Waals surface area contributed by atoms with E-state index in [-0.39, 0.29) is 10.8 Å². The Morgan fingerprint density at radius 2 is 1.67 bits per heavy atom. The first-order chi connectivity index (χ1) is 14.4. The Morgan fingerprint density at radius 3 is 2.40 bits per heavy atom. The topological polar surface area (TPSA) is 71.1 Å². The summed E-state index contributed by atoms with van der Waals surface area (Å²) in [5, 5.41) is 6.23. The van der Waals surface area contributed by atoms with E-state index in [1.165, 1.54) is 18.3 Å². The van der Waals surface area contributed by atoms with Crippen LogP contribution in [0.1, 0.15) is 37.6 Å². The maximum absolute atomic E-state index is 13.1. The van der Waals surface area contributed by atoms with E-state index in [1.54, 1.807) is 24.3 Å². The number of nitrogens with zero attached hydrogens (tertiary/aromatic N) is 1. The van der Waals surface area contributed by atoms with Gasteiger partial charge < -0.3 is 10.6 Å². The second kappa shape index (κ2) is 9.53. The molecule has 0 bridgehead atoms. The molecular weight excluding hydrogens is 415 g/mol. The van der Waals surface area contributed by atoms with Gasteiger partial charge in [0.05, 0.1) is 16.6 Å². The fourth-order valence-electron chi connectivity index (χ4n) is 2.70. The fraction of sp³-hybridized carbons (Fsp3) is 0.190. The molecule has 0 aliphatic carbocycles. The van der Waals surface area contributed by atoms with E-state index < -0.39 is 23.1 Å². The second-order valence-electron chi connectivity index (χ2n) is 6.30. The van der Waals surface area contributed by atoms with Gasteiger partial charge >= 0.3 is 6.18 Å². The number of thiazole rings is 1. The highest BCUT2D eigenvalue weighted by molar-refractivity contribution is 7.17. The average molecular weight is 433 g/mol. The molecule has 0 spiro atoms. The molecule has 1 amide bonds. The molecule has 1 aromatic heterocycles. The largest absolute Gasteiger partial charge is 0.417 e. The zero-order valence-corrected chi connectivity index (χ0v) is 16.5. The van der Waals surface area contributed by atoms with Crippen LogP contribution in [0.4, 0.5) is 18.3 Å². The van der Waals surface area contributed by atoms with Crippen LogP contribution in [0, 0.1) is 0 Å². The van der Waals surface area contributed by atoms with Gasteiger partial charge in [-0.15, -0.1) is 0 Å². The van der Waals surface area contributed by atoms with Crippen molar-refractivity contribution in [1.29, 1.82) is 0 Å². The zero-order chi connectivity index (χ0) is 21.6. The van der Waals surface area contributed by atoms with E-state index in [9.17, 15) is 22.8 Å². The molecule has 0 radical (unpaired) electrons. The first kappa shape index (κ1) is 21.5. The van der Waals surface area contributed by atoms with E-state index in [1.807, 2.05) is 6.07 Å². The summed E-state index contributed by atoms with van der Waals surface area (Å²) >= 11 is 0.990. The first-order valence-corrected chi connectivity index (χ1v) is 9.92. The molecule has 0 aliphatic heterocycles. The Balaban J connectivity index is 1.51. The summed E-state index contributed by atoms with van der Waals surface area (Å²) in [5.74, 6) is -0.885. The monoisotopic (exact) mass is 433 g/mol. The Bertz CT molecular complexity index is 1020. The average Bonchev–Trinajstić information content (AvgIpc) is 3.22. The number of halogens is 3. The van der Waals surface area contributed by atoms with Crippen molar-refractivity contribution in [2.75, 3.05) is 18.4 Å². The van der Waals surface area contributed by atoms with E-state index in [4.69, 9.17) is 0 Å². The third-order valence-electron chi connectivity index (χ3n) is 4.16. The minimum atomic E-state index is -4.61. The van der Waals surface area contributed by atoms with Crippen molar-refractivity contribution in [1.82, 2.24) is 10.3 Å². The number of nitrogens with one attached hydrogen (secondary N) is 2. The number of carbonyl (C=O) groups is 2. The molecule has 30 heavy (non-hydrogen) atoms. The van der Waals surface area contributed by atoms with Gasteiger partial charge in [0.25, 0.3) is 5.91 Å². The molecule has 2 aromatic carbocycles. The summed E-state index contributed by atoms with van der Waals surface area (Å²) in [6.45, 7) is 0.923. The SMILES string of the molecule is O=C(NCCCNc1ncc(C(=O)c2ccccc2C(F)(F)F)s1)c1ccccc1. The highest BCUT2D eigenvalue weighted by atomic mass is 32.1. The van der Waals surface area contributed by atoms with Gasteiger partial charge in [0, 0.05) is 24.2 Å². The quantitative estimate of drug-likeness (QED) is 0.402. The Morgan fingerprint density at radius 1 is 0.967 bits per heavy atom. The van der Waals surface area contributed by atoms with Gasteiger partial charge in [0.15, 0.2) is 5.13 Å². The molecule has 0 fully saturated rings. The number of rotatable bonds is 8. The minimum Gasteiger partial charge on any atom is -0.361 e. The number of ketones is 1. The number of hydrogen-bond donors (Lipinski definition) is 2. The van der Waals surface area contributed by atoms with Crippen molar-refractivity contribution in [3.05, 3.63) is 82.4 Å². The zero-order valence-electron chi connectivity index (χ0n) is 15.7. The predicted octanol–water partition coefficient (Wildman–Crippen LogP) is 4.62. The smallest absolute Gasteiger partial charge is 0.361 e. The third kappa shape index (κ3) is 5.44. The lowest BCUT2D eigenvalue weighted by molar-refractivity contribution is -0.137. The molecule has 0 aliphatic rings. The van der Waals surface area contributed by atoms with Crippen molar-refractivity contribution in [3.63, 3.8) is 0 Å². The minimum absolute atomic E-state index is 0.117. The van der Waals surface area contributed by atoms with Crippen LogP contribution in [0.15, 0.2) is 60.8 Å². The van der Waals surface area contributed by atoms with Crippen LogP contribution < -0.4 is 10.6 Å². The molecule has 0 saturated carbocycles. The normalized spacial score (nSPS) is 11.2.